The molecule has 148 valence electrons. The second-order valence-corrected chi connectivity index (χ2v) is 11.3. The molecule has 0 radical (unpaired) electrons. The Labute approximate surface area is 169 Å². The minimum atomic E-state index is -3.64. The number of hydrogen-bond donors (Lipinski definition) is 0. The average molecular weight is 418 g/mol. The van der Waals surface area contributed by atoms with E-state index in [1.807, 2.05) is 36.3 Å². The third kappa shape index (κ3) is 2.51. The Hall–Kier alpha value is -1.77. The van der Waals surface area contributed by atoms with Gasteiger partial charge in [-0.25, -0.2) is 13.4 Å². The quantitative estimate of drug-likeness (QED) is 0.770. The molecule has 1 aliphatic carbocycles. The summed E-state index contributed by atoms with van der Waals surface area (Å²) in [5.41, 5.74) is 0.628. The van der Waals surface area contributed by atoms with Crippen molar-refractivity contribution < 1.29 is 13.2 Å². The summed E-state index contributed by atoms with van der Waals surface area (Å²) >= 11 is 1.52. The third-order valence-electron chi connectivity index (χ3n) is 6.46. The van der Waals surface area contributed by atoms with Gasteiger partial charge in [-0.3, -0.25) is 4.79 Å². The molecule has 6 nitrogen and oxygen atoms in total. The second-order valence-electron chi connectivity index (χ2n) is 8.43. The van der Waals surface area contributed by atoms with Crippen LogP contribution in [0.15, 0.2) is 34.5 Å². The van der Waals surface area contributed by atoms with E-state index >= 15 is 0 Å². The Kier molecular flexibility index (Phi) is 3.83. The summed E-state index contributed by atoms with van der Waals surface area (Å²) in [5, 5.41) is 2.84. The number of benzene rings is 1. The van der Waals surface area contributed by atoms with Gasteiger partial charge in [-0.1, -0.05) is 25.1 Å². The van der Waals surface area contributed by atoms with Gasteiger partial charge in [0.05, 0.1) is 27.7 Å². The highest BCUT2D eigenvalue weighted by Gasteiger charge is 2.59. The highest BCUT2D eigenvalue weighted by atomic mass is 32.2. The fraction of sp³-hybridized carbons (Fsp3) is 0.500. The van der Waals surface area contributed by atoms with Gasteiger partial charge in [-0.2, -0.15) is 4.31 Å². The predicted molar refractivity (Wildman–Crippen MR) is 106 cm³/mol. The first-order valence-corrected chi connectivity index (χ1v) is 11.9. The first-order chi connectivity index (χ1) is 13.3. The molecule has 3 heterocycles. The van der Waals surface area contributed by atoms with Crippen LogP contribution in [0.25, 0.3) is 0 Å². The van der Waals surface area contributed by atoms with Crippen LogP contribution in [0.4, 0.5) is 0 Å². The number of amides is 1. The molecule has 3 aliphatic rings. The Bertz CT molecular complexity index is 1070. The molecule has 5 rings (SSSR count). The normalized spacial score (nSPS) is 27.3. The largest absolute Gasteiger partial charge is 0.340 e. The van der Waals surface area contributed by atoms with Gasteiger partial charge in [-0.15, -0.1) is 11.3 Å². The molecule has 1 amide bonds. The van der Waals surface area contributed by atoms with E-state index in [-0.39, 0.29) is 17.9 Å². The van der Waals surface area contributed by atoms with Crippen molar-refractivity contribution in [1.29, 1.82) is 0 Å². The zero-order valence-corrected chi connectivity index (χ0v) is 17.6. The smallest absolute Gasteiger partial charge is 0.244 e. The Balaban J connectivity index is 1.58. The van der Waals surface area contributed by atoms with Crippen LogP contribution in [0.5, 0.6) is 0 Å². The molecule has 2 fully saturated rings. The van der Waals surface area contributed by atoms with Gasteiger partial charge < -0.3 is 4.90 Å². The third-order valence-corrected chi connectivity index (χ3v) is 9.25. The molecular weight excluding hydrogens is 394 g/mol. The van der Waals surface area contributed by atoms with E-state index in [1.165, 1.54) is 11.3 Å². The number of fused-ring (bicyclic) bond motifs is 2. The second kappa shape index (κ2) is 5.87. The number of sulfonamides is 1. The number of aryl methyl sites for hydroxylation is 1. The van der Waals surface area contributed by atoms with E-state index < -0.39 is 15.6 Å². The lowest BCUT2D eigenvalue weighted by Crippen LogP contribution is -2.46. The number of hydrogen-bond acceptors (Lipinski definition) is 5. The van der Waals surface area contributed by atoms with Crippen LogP contribution in [0.2, 0.25) is 0 Å². The van der Waals surface area contributed by atoms with E-state index in [1.54, 1.807) is 16.4 Å². The molecule has 1 saturated carbocycles. The van der Waals surface area contributed by atoms with Gasteiger partial charge in [0.1, 0.15) is 0 Å². The Morgan fingerprint density at radius 1 is 1.25 bits per heavy atom. The molecule has 0 bridgehead atoms. The zero-order valence-electron chi connectivity index (χ0n) is 16.0. The zero-order chi connectivity index (χ0) is 19.7. The van der Waals surface area contributed by atoms with E-state index in [4.69, 9.17) is 0 Å². The minimum Gasteiger partial charge on any atom is -0.340 e. The summed E-state index contributed by atoms with van der Waals surface area (Å²) in [7, 11) is -3.64. The van der Waals surface area contributed by atoms with Gasteiger partial charge in [0, 0.05) is 23.9 Å². The van der Waals surface area contributed by atoms with Crippen molar-refractivity contribution >= 4 is 27.3 Å². The summed E-state index contributed by atoms with van der Waals surface area (Å²) in [5.74, 6) is 0.163. The molecular formula is C20H23N3O3S2. The molecule has 1 aromatic heterocycles. The molecule has 2 aliphatic heterocycles. The Morgan fingerprint density at radius 3 is 2.68 bits per heavy atom. The van der Waals surface area contributed by atoms with Crippen LogP contribution in [-0.2, 0) is 26.9 Å². The molecule has 1 aromatic carbocycles. The summed E-state index contributed by atoms with van der Waals surface area (Å²) in [6, 6.07) is 7.25. The highest BCUT2D eigenvalue weighted by Crippen LogP contribution is 2.52. The van der Waals surface area contributed by atoms with Crippen molar-refractivity contribution in [3.8, 4) is 0 Å². The van der Waals surface area contributed by atoms with Crippen LogP contribution in [0, 0.1) is 12.3 Å². The predicted octanol–water partition coefficient (Wildman–Crippen LogP) is 2.88. The summed E-state index contributed by atoms with van der Waals surface area (Å²) in [6.07, 6.45) is 2.46. The van der Waals surface area contributed by atoms with Crippen LogP contribution in [0.3, 0.4) is 0 Å². The van der Waals surface area contributed by atoms with Crippen LogP contribution < -0.4 is 0 Å². The number of rotatable bonds is 3. The van der Waals surface area contributed by atoms with Gasteiger partial charge in [-0.05, 0) is 37.8 Å². The maximum Gasteiger partial charge on any atom is 0.244 e. The monoisotopic (exact) mass is 417 g/mol. The van der Waals surface area contributed by atoms with Gasteiger partial charge >= 0.3 is 0 Å². The maximum atomic E-state index is 13.4. The van der Waals surface area contributed by atoms with Gasteiger partial charge in [0.25, 0.3) is 0 Å². The first-order valence-electron chi connectivity index (χ1n) is 9.59. The summed E-state index contributed by atoms with van der Waals surface area (Å²) in [4.78, 5) is 19.7. The maximum absolute atomic E-state index is 13.4. The average Bonchev–Trinajstić information content (AvgIpc) is 3.04. The molecule has 1 saturated heterocycles. The number of nitrogens with zero attached hydrogens (tertiary/aromatic N) is 3. The SMILES string of the molecule is Cc1nc(CN2C3(CCN(C(=O)C4(C)CC4)C3)c3ccccc3S2(=O)=O)cs1. The van der Waals surface area contributed by atoms with Crippen molar-refractivity contribution in [3.63, 3.8) is 0 Å². The molecule has 28 heavy (non-hydrogen) atoms. The molecule has 1 spiro atoms. The number of thiazole rings is 1. The number of carbonyl (C=O) groups excluding carboxylic acids is 1. The van der Waals surface area contributed by atoms with E-state index in [0.717, 1.165) is 29.1 Å². The van der Waals surface area contributed by atoms with E-state index in [0.29, 0.717) is 24.4 Å². The topological polar surface area (TPSA) is 70.6 Å². The minimum absolute atomic E-state index is 0.163. The van der Waals surface area contributed by atoms with Gasteiger partial charge in [0.15, 0.2) is 0 Å². The van der Waals surface area contributed by atoms with E-state index in [2.05, 4.69) is 4.98 Å². The molecule has 2 aromatic rings. The fourth-order valence-electron chi connectivity index (χ4n) is 4.60. The lowest BCUT2D eigenvalue weighted by atomic mass is 9.88. The van der Waals surface area contributed by atoms with Crippen LogP contribution >= 0.6 is 11.3 Å². The standard InChI is InChI=1S/C20H23N3O3S2/c1-14-21-15(12-27-14)11-23-20(16-5-3-4-6-17(16)28(23,25)26)9-10-22(13-20)18(24)19(2)7-8-19/h3-6,12H,7-11,13H2,1-2H3. The number of aromatic nitrogens is 1. The van der Waals surface area contributed by atoms with E-state index in [9.17, 15) is 13.2 Å². The highest BCUT2D eigenvalue weighted by molar-refractivity contribution is 7.89. The lowest BCUT2D eigenvalue weighted by molar-refractivity contribution is -0.135. The fourth-order valence-corrected chi connectivity index (χ4v) is 7.23. The Morgan fingerprint density at radius 2 is 2.00 bits per heavy atom. The van der Waals surface area contributed by atoms with Crippen molar-refractivity contribution in [3.05, 3.63) is 45.9 Å². The van der Waals surface area contributed by atoms with Crippen LogP contribution in [0.1, 0.15) is 42.5 Å². The first kappa shape index (κ1) is 18.3. The van der Waals surface area contributed by atoms with Crippen molar-refractivity contribution in [2.24, 2.45) is 5.41 Å². The van der Waals surface area contributed by atoms with Crippen molar-refractivity contribution in [1.82, 2.24) is 14.2 Å². The molecule has 8 heteroatoms. The van der Waals surface area contributed by atoms with Crippen LogP contribution in [-0.4, -0.2) is 41.6 Å². The molecule has 1 atom stereocenters. The van der Waals surface area contributed by atoms with Crippen molar-refractivity contribution in [2.75, 3.05) is 13.1 Å². The van der Waals surface area contributed by atoms with Gasteiger partial charge in [0.2, 0.25) is 15.9 Å². The summed E-state index contributed by atoms with van der Waals surface area (Å²) in [6.45, 7) is 5.17. The summed E-state index contributed by atoms with van der Waals surface area (Å²) < 4.78 is 28.5. The van der Waals surface area contributed by atoms with Crippen molar-refractivity contribution in [2.45, 2.75) is 50.1 Å². The number of likely N-dealkylation sites (tertiary alicyclic amines) is 1. The molecule has 1 unspecified atom stereocenters. The lowest BCUT2D eigenvalue weighted by Gasteiger charge is -2.34. The molecule has 0 N–H and O–H groups in total. The number of carbonyl (C=O) groups is 1.